The highest BCUT2D eigenvalue weighted by atomic mass is 16.6. The Bertz CT molecular complexity index is 1310. The third-order valence-electron chi connectivity index (χ3n) is 7.32. The van der Waals surface area contributed by atoms with E-state index in [0.29, 0.717) is 50.0 Å². The van der Waals surface area contributed by atoms with Gasteiger partial charge in [0.1, 0.15) is 19.0 Å². The van der Waals surface area contributed by atoms with Crippen molar-refractivity contribution in [1.82, 2.24) is 19.8 Å². The molecule has 0 bridgehead atoms. The number of piperidine rings is 1. The minimum Gasteiger partial charge on any atom is -0.486 e. The molecule has 10 heteroatoms. The number of para-hydroxylation sites is 2. The molecule has 3 N–H and O–H groups in total. The standard InChI is InChI=1S/C29H37N5O5/c1-37-13-5-12-34-24-8-3-2-7-23(24)32-28(34)21-6-4-11-33(19-21)27(35)17-22(30)18-31-29(36)20-9-10-25-26(16-20)39-15-14-38-25/h2-3,7-10,16,21-22H,4-6,11-15,17-19,30H2,1H3,(H,31,36)/t21-,22+/m1/s1. The van der Waals surface area contributed by atoms with Crippen LogP contribution in [0.5, 0.6) is 11.5 Å². The maximum absolute atomic E-state index is 13.2. The van der Waals surface area contributed by atoms with Gasteiger partial charge in [0, 0.05) is 63.8 Å². The Labute approximate surface area is 228 Å². The summed E-state index contributed by atoms with van der Waals surface area (Å²) in [5.74, 6) is 2.11. The normalized spacial score (nSPS) is 17.7. The number of imidazole rings is 1. The molecule has 208 valence electrons. The third-order valence-corrected chi connectivity index (χ3v) is 7.32. The van der Waals surface area contributed by atoms with E-state index in [2.05, 4.69) is 16.0 Å². The summed E-state index contributed by atoms with van der Waals surface area (Å²) in [6.07, 6.45) is 2.95. The minimum absolute atomic E-state index is 0.00261. The predicted octanol–water partition coefficient (Wildman–Crippen LogP) is 2.70. The van der Waals surface area contributed by atoms with Crippen LogP contribution >= 0.6 is 0 Å². The fourth-order valence-corrected chi connectivity index (χ4v) is 5.36. The van der Waals surface area contributed by atoms with E-state index in [0.717, 1.165) is 42.7 Å². The molecule has 2 atom stereocenters. The topological polar surface area (TPSA) is 121 Å². The first-order chi connectivity index (χ1) is 19.0. The van der Waals surface area contributed by atoms with Crippen LogP contribution in [0.3, 0.4) is 0 Å². The Balaban J connectivity index is 1.17. The Hall–Kier alpha value is -3.63. The van der Waals surface area contributed by atoms with Gasteiger partial charge in [-0.15, -0.1) is 0 Å². The number of hydrogen-bond acceptors (Lipinski definition) is 7. The number of benzene rings is 2. The van der Waals surface area contributed by atoms with Gasteiger partial charge < -0.3 is 34.7 Å². The van der Waals surface area contributed by atoms with E-state index in [4.69, 9.17) is 24.9 Å². The van der Waals surface area contributed by atoms with Gasteiger partial charge in [0.2, 0.25) is 5.91 Å². The van der Waals surface area contributed by atoms with E-state index >= 15 is 0 Å². The van der Waals surface area contributed by atoms with Crippen LogP contribution in [0.15, 0.2) is 42.5 Å². The van der Waals surface area contributed by atoms with Crippen LogP contribution < -0.4 is 20.5 Å². The van der Waals surface area contributed by atoms with Gasteiger partial charge in [-0.25, -0.2) is 4.98 Å². The fraction of sp³-hybridized carbons (Fsp3) is 0.483. The third kappa shape index (κ3) is 6.34. The van der Waals surface area contributed by atoms with Crippen molar-refractivity contribution in [3.63, 3.8) is 0 Å². The van der Waals surface area contributed by atoms with Gasteiger partial charge in [-0.1, -0.05) is 12.1 Å². The Morgan fingerprint density at radius 1 is 1.18 bits per heavy atom. The van der Waals surface area contributed by atoms with E-state index < -0.39 is 6.04 Å². The van der Waals surface area contributed by atoms with Gasteiger partial charge in [0.25, 0.3) is 5.91 Å². The van der Waals surface area contributed by atoms with E-state index in [1.165, 1.54) is 0 Å². The van der Waals surface area contributed by atoms with Crippen LogP contribution in [0.4, 0.5) is 0 Å². The number of rotatable bonds is 10. The summed E-state index contributed by atoms with van der Waals surface area (Å²) >= 11 is 0. The van der Waals surface area contributed by atoms with Crippen molar-refractivity contribution in [2.24, 2.45) is 5.73 Å². The SMILES string of the molecule is COCCCn1c([C@@H]2CCCN(C(=O)C[C@H](N)CNC(=O)c3ccc4c(c3)OCCO4)C2)nc2ccccc21. The van der Waals surface area contributed by atoms with E-state index in [1.54, 1.807) is 25.3 Å². The first-order valence-corrected chi connectivity index (χ1v) is 13.7. The van der Waals surface area contributed by atoms with Crippen molar-refractivity contribution in [2.75, 3.05) is 46.6 Å². The summed E-state index contributed by atoms with van der Waals surface area (Å²) in [5.41, 5.74) is 8.82. The number of amides is 2. The number of hydrogen-bond donors (Lipinski definition) is 2. The zero-order valence-corrected chi connectivity index (χ0v) is 22.4. The lowest BCUT2D eigenvalue weighted by atomic mass is 9.96. The van der Waals surface area contributed by atoms with Crippen LogP contribution in [0, 0.1) is 0 Å². The van der Waals surface area contributed by atoms with Gasteiger partial charge in [-0.2, -0.15) is 0 Å². The lowest BCUT2D eigenvalue weighted by molar-refractivity contribution is -0.132. The highest BCUT2D eigenvalue weighted by Gasteiger charge is 2.29. The number of nitrogens with zero attached hydrogens (tertiary/aromatic N) is 3. The van der Waals surface area contributed by atoms with Gasteiger partial charge in [-0.3, -0.25) is 9.59 Å². The number of carbonyl (C=O) groups is 2. The summed E-state index contributed by atoms with van der Waals surface area (Å²) in [6, 6.07) is 12.8. The largest absolute Gasteiger partial charge is 0.486 e. The van der Waals surface area contributed by atoms with Crippen molar-refractivity contribution < 1.29 is 23.8 Å². The number of fused-ring (bicyclic) bond motifs is 2. The van der Waals surface area contributed by atoms with Crippen molar-refractivity contribution in [3.05, 3.63) is 53.9 Å². The molecule has 2 aromatic carbocycles. The molecule has 2 aliphatic heterocycles. The van der Waals surface area contributed by atoms with Gasteiger partial charge in [0.05, 0.1) is 11.0 Å². The van der Waals surface area contributed by atoms with Crippen molar-refractivity contribution in [3.8, 4) is 11.5 Å². The Morgan fingerprint density at radius 3 is 2.85 bits per heavy atom. The molecule has 10 nitrogen and oxygen atoms in total. The molecule has 0 saturated carbocycles. The number of aryl methyl sites for hydroxylation is 1. The maximum atomic E-state index is 13.2. The minimum atomic E-state index is -0.488. The molecule has 2 amide bonds. The quantitative estimate of drug-likeness (QED) is 0.383. The molecule has 3 heterocycles. The van der Waals surface area contributed by atoms with Gasteiger partial charge in [-0.05, 0) is 49.6 Å². The van der Waals surface area contributed by atoms with Crippen molar-refractivity contribution in [2.45, 2.75) is 44.2 Å². The lowest BCUT2D eigenvalue weighted by Crippen LogP contribution is -2.45. The number of aromatic nitrogens is 2. The molecule has 0 radical (unpaired) electrons. The monoisotopic (exact) mass is 535 g/mol. The summed E-state index contributed by atoms with van der Waals surface area (Å²) in [5, 5.41) is 2.84. The first kappa shape index (κ1) is 27.0. The number of methoxy groups -OCH3 is 1. The molecule has 0 spiro atoms. The Kier molecular flexibility index (Phi) is 8.63. The van der Waals surface area contributed by atoms with Crippen LogP contribution in [0.2, 0.25) is 0 Å². The zero-order chi connectivity index (χ0) is 27.2. The molecule has 5 rings (SSSR count). The van der Waals surface area contributed by atoms with Crippen LogP contribution in [0.1, 0.15) is 47.8 Å². The van der Waals surface area contributed by atoms with E-state index in [9.17, 15) is 9.59 Å². The van der Waals surface area contributed by atoms with Gasteiger partial charge in [0.15, 0.2) is 11.5 Å². The van der Waals surface area contributed by atoms with Crippen molar-refractivity contribution in [1.29, 1.82) is 0 Å². The van der Waals surface area contributed by atoms with E-state index in [-0.39, 0.29) is 30.7 Å². The molecular formula is C29H37N5O5. The highest BCUT2D eigenvalue weighted by molar-refractivity contribution is 5.95. The first-order valence-electron chi connectivity index (χ1n) is 13.7. The summed E-state index contributed by atoms with van der Waals surface area (Å²) in [4.78, 5) is 32.7. The number of likely N-dealkylation sites (tertiary alicyclic amines) is 1. The van der Waals surface area contributed by atoms with Crippen LogP contribution in [-0.4, -0.2) is 78.9 Å². The van der Waals surface area contributed by atoms with Gasteiger partial charge >= 0.3 is 0 Å². The number of nitrogens with two attached hydrogens (primary N) is 1. The van der Waals surface area contributed by atoms with E-state index in [1.807, 2.05) is 23.1 Å². The number of ether oxygens (including phenoxy) is 3. The molecule has 1 saturated heterocycles. The lowest BCUT2D eigenvalue weighted by Gasteiger charge is -2.33. The molecular weight excluding hydrogens is 498 g/mol. The fourth-order valence-electron chi connectivity index (χ4n) is 5.36. The smallest absolute Gasteiger partial charge is 0.251 e. The van der Waals surface area contributed by atoms with Crippen molar-refractivity contribution >= 4 is 22.8 Å². The second-order valence-corrected chi connectivity index (χ2v) is 10.2. The average molecular weight is 536 g/mol. The maximum Gasteiger partial charge on any atom is 0.251 e. The second-order valence-electron chi connectivity index (χ2n) is 10.2. The molecule has 1 fully saturated rings. The Morgan fingerprint density at radius 2 is 2.00 bits per heavy atom. The highest BCUT2D eigenvalue weighted by Crippen LogP contribution is 2.31. The molecule has 1 aromatic heterocycles. The number of nitrogens with one attached hydrogen (secondary N) is 1. The molecule has 2 aliphatic rings. The number of carbonyl (C=O) groups excluding carboxylic acids is 2. The summed E-state index contributed by atoms with van der Waals surface area (Å²) in [6.45, 7) is 3.97. The molecule has 39 heavy (non-hydrogen) atoms. The summed E-state index contributed by atoms with van der Waals surface area (Å²) < 4.78 is 18.6. The molecule has 3 aromatic rings. The molecule has 0 unspecified atom stereocenters. The molecule has 0 aliphatic carbocycles. The second kappa shape index (κ2) is 12.5. The van der Waals surface area contributed by atoms with Crippen LogP contribution in [-0.2, 0) is 16.1 Å². The predicted molar refractivity (Wildman–Crippen MR) is 147 cm³/mol. The summed E-state index contributed by atoms with van der Waals surface area (Å²) in [7, 11) is 1.71. The average Bonchev–Trinajstić information content (AvgIpc) is 3.34. The van der Waals surface area contributed by atoms with Crippen LogP contribution in [0.25, 0.3) is 11.0 Å². The zero-order valence-electron chi connectivity index (χ0n) is 22.4.